The predicted octanol–water partition coefficient (Wildman–Crippen LogP) is 1.43. The Morgan fingerprint density at radius 2 is 2.42 bits per heavy atom. The number of nitrogens with zero attached hydrogens (tertiary/aromatic N) is 1. The van der Waals surface area contributed by atoms with Gasteiger partial charge >= 0.3 is 0 Å². The Labute approximate surface area is 76.7 Å². The zero-order valence-electron chi connectivity index (χ0n) is 6.93. The summed E-state index contributed by atoms with van der Waals surface area (Å²) in [4.78, 5) is 12.8. The standard InChI is InChI=1S/C8H13ClFNO/c9-4-8(12)11-3-1-2-7(5-10)6-11/h7H,1-6H2/t7-/m0/s1. The number of hydrogen-bond donors (Lipinski definition) is 0. The smallest absolute Gasteiger partial charge is 0.237 e. The number of halogens is 2. The second kappa shape index (κ2) is 4.65. The van der Waals surface area contributed by atoms with E-state index in [2.05, 4.69) is 0 Å². The molecule has 1 fully saturated rings. The van der Waals surface area contributed by atoms with Crippen LogP contribution in [0.1, 0.15) is 12.8 Å². The minimum Gasteiger partial charge on any atom is -0.341 e. The van der Waals surface area contributed by atoms with E-state index in [1.54, 1.807) is 4.90 Å². The third kappa shape index (κ3) is 2.34. The van der Waals surface area contributed by atoms with Crippen LogP contribution in [0.5, 0.6) is 0 Å². The highest BCUT2D eigenvalue weighted by Crippen LogP contribution is 2.16. The number of carbonyl (C=O) groups excluding carboxylic acids is 1. The molecule has 12 heavy (non-hydrogen) atoms. The Morgan fingerprint density at radius 3 is 3.00 bits per heavy atom. The van der Waals surface area contributed by atoms with E-state index in [9.17, 15) is 9.18 Å². The van der Waals surface area contributed by atoms with E-state index in [1.807, 2.05) is 0 Å². The van der Waals surface area contributed by atoms with Crippen molar-refractivity contribution < 1.29 is 9.18 Å². The Morgan fingerprint density at radius 1 is 1.67 bits per heavy atom. The maximum Gasteiger partial charge on any atom is 0.237 e. The Balaban J connectivity index is 2.40. The number of likely N-dealkylation sites (tertiary alicyclic amines) is 1. The van der Waals surface area contributed by atoms with E-state index in [0.717, 1.165) is 19.4 Å². The molecular weight excluding hydrogens is 181 g/mol. The minimum atomic E-state index is -0.327. The van der Waals surface area contributed by atoms with E-state index in [4.69, 9.17) is 11.6 Å². The normalized spacial score (nSPS) is 24.2. The third-order valence-electron chi connectivity index (χ3n) is 2.20. The van der Waals surface area contributed by atoms with Gasteiger partial charge in [0.2, 0.25) is 5.91 Å². The maximum absolute atomic E-state index is 12.2. The summed E-state index contributed by atoms with van der Waals surface area (Å²) in [6.07, 6.45) is 1.79. The molecule has 4 heteroatoms. The van der Waals surface area contributed by atoms with Gasteiger partial charge in [-0.1, -0.05) is 0 Å². The van der Waals surface area contributed by atoms with Crippen LogP contribution in [0.3, 0.4) is 0 Å². The van der Waals surface area contributed by atoms with Crippen molar-refractivity contribution in [2.75, 3.05) is 25.6 Å². The first kappa shape index (κ1) is 9.78. The monoisotopic (exact) mass is 193 g/mol. The quantitative estimate of drug-likeness (QED) is 0.608. The molecule has 0 spiro atoms. The van der Waals surface area contributed by atoms with Crippen molar-refractivity contribution in [3.63, 3.8) is 0 Å². The van der Waals surface area contributed by atoms with Gasteiger partial charge in [0, 0.05) is 19.0 Å². The van der Waals surface area contributed by atoms with E-state index in [1.165, 1.54) is 0 Å². The first-order valence-corrected chi connectivity index (χ1v) is 4.71. The van der Waals surface area contributed by atoms with Crippen molar-refractivity contribution in [2.45, 2.75) is 12.8 Å². The zero-order valence-corrected chi connectivity index (χ0v) is 7.69. The molecule has 1 saturated heterocycles. The largest absolute Gasteiger partial charge is 0.341 e. The SMILES string of the molecule is O=C(CCl)N1CCC[C@@H](CF)C1. The minimum absolute atomic E-state index is 0.0129. The molecule has 1 rings (SSSR count). The lowest BCUT2D eigenvalue weighted by molar-refractivity contribution is -0.130. The molecule has 70 valence electrons. The molecule has 2 nitrogen and oxygen atoms in total. The van der Waals surface area contributed by atoms with Crippen LogP contribution in [0.2, 0.25) is 0 Å². The van der Waals surface area contributed by atoms with Gasteiger partial charge in [0.1, 0.15) is 5.88 Å². The van der Waals surface area contributed by atoms with Gasteiger partial charge in [0.25, 0.3) is 0 Å². The molecule has 0 saturated carbocycles. The fourth-order valence-corrected chi connectivity index (χ4v) is 1.67. The molecular formula is C8H13ClFNO. The van der Waals surface area contributed by atoms with Gasteiger partial charge in [-0.25, -0.2) is 0 Å². The van der Waals surface area contributed by atoms with Gasteiger partial charge in [-0.3, -0.25) is 9.18 Å². The van der Waals surface area contributed by atoms with Crippen molar-refractivity contribution in [3.05, 3.63) is 0 Å². The second-order valence-corrected chi connectivity index (χ2v) is 3.40. The number of piperidine rings is 1. The van der Waals surface area contributed by atoms with Crippen LogP contribution < -0.4 is 0 Å². The van der Waals surface area contributed by atoms with Crippen LogP contribution in [-0.2, 0) is 4.79 Å². The van der Waals surface area contributed by atoms with Crippen LogP contribution in [0.4, 0.5) is 4.39 Å². The third-order valence-corrected chi connectivity index (χ3v) is 2.43. The first-order valence-electron chi connectivity index (χ1n) is 4.17. The lowest BCUT2D eigenvalue weighted by Crippen LogP contribution is -2.41. The summed E-state index contributed by atoms with van der Waals surface area (Å²) in [7, 11) is 0. The number of hydrogen-bond acceptors (Lipinski definition) is 1. The van der Waals surface area contributed by atoms with Gasteiger partial charge in [0.05, 0.1) is 6.67 Å². The van der Waals surface area contributed by atoms with Crippen LogP contribution in [-0.4, -0.2) is 36.5 Å². The Hall–Kier alpha value is -0.310. The van der Waals surface area contributed by atoms with E-state index in [0.29, 0.717) is 6.54 Å². The van der Waals surface area contributed by atoms with Crippen molar-refractivity contribution in [2.24, 2.45) is 5.92 Å². The average molecular weight is 194 g/mol. The van der Waals surface area contributed by atoms with Crippen molar-refractivity contribution >= 4 is 17.5 Å². The summed E-state index contributed by atoms with van der Waals surface area (Å²) < 4.78 is 12.2. The summed E-state index contributed by atoms with van der Waals surface area (Å²) in [6.45, 7) is 0.955. The van der Waals surface area contributed by atoms with Crippen molar-refractivity contribution in [1.82, 2.24) is 4.90 Å². The predicted molar refractivity (Wildman–Crippen MR) is 46.0 cm³/mol. The highest BCUT2D eigenvalue weighted by molar-refractivity contribution is 6.27. The van der Waals surface area contributed by atoms with E-state index >= 15 is 0 Å². The summed E-state index contributed by atoms with van der Waals surface area (Å²) in [5, 5.41) is 0. The lowest BCUT2D eigenvalue weighted by Gasteiger charge is -2.30. The summed E-state index contributed by atoms with van der Waals surface area (Å²) in [5.74, 6) is -0.0281. The molecule has 0 aromatic heterocycles. The van der Waals surface area contributed by atoms with Gasteiger partial charge in [-0.05, 0) is 12.8 Å². The fraction of sp³-hybridized carbons (Fsp3) is 0.875. The topological polar surface area (TPSA) is 20.3 Å². The number of carbonyl (C=O) groups is 1. The Kier molecular flexibility index (Phi) is 3.79. The molecule has 1 amide bonds. The molecule has 1 atom stereocenters. The molecule has 0 aromatic carbocycles. The molecule has 0 bridgehead atoms. The highest BCUT2D eigenvalue weighted by Gasteiger charge is 2.22. The van der Waals surface area contributed by atoms with Crippen LogP contribution >= 0.6 is 11.6 Å². The summed E-state index contributed by atoms with van der Waals surface area (Å²) in [6, 6.07) is 0. The number of amides is 1. The van der Waals surface area contributed by atoms with Crippen LogP contribution in [0, 0.1) is 5.92 Å². The Bertz CT molecular complexity index is 165. The van der Waals surface area contributed by atoms with Crippen LogP contribution in [0.15, 0.2) is 0 Å². The van der Waals surface area contributed by atoms with Gasteiger partial charge < -0.3 is 4.90 Å². The molecule has 1 heterocycles. The maximum atomic E-state index is 12.2. The molecule has 1 aliphatic rings. The van der Waals surface area contributed by atoms with Gasteiger partial charge in [-0.15, -0.1) is 11.6 Å². The highest BCUT2D eigenvalue weighted by atomic mass is 35.5. The van der Waals surface area contributed by atoms with E-state index in [-0.39, 0.29) is 24.4 Å². The summed E-state index contributed by atoms with van der Waals surface area (Å²) >= 11 is 5.39. The molecule has 0 radical (unpaired) electrons. The molecule has 0 aliphatic carbocycles. The molecule has 0 unspecified atom stereocenters. The zero-order chi connectivity index (χ0) is 8.97. The van der Waals surface area contributed by atoms with Crippen molar-refractivity contribution in [3.8, 4) is 0 Å². The molecule has 0 N–H and O–H groups in total. The van der Waals surface area contributed by atoms with Gasteiger partial charge in [-0.2, -0.15) is 0 Å². The van der Waals surface area contributed by atoms with Crippen molar-refractivity contribution in [1.29, 1.82) is 0 Å². The number of alkyl halides is 2. The van der Waals surface area contributed by atoms with E-state index < -0.39 is 0 Å². The van der Waals surface area contributed by atoms with Gasteiger partial charge in [0.15, 0.2) is 0 Å². The van der Waals surface area contributed by atoms with Crippen LogP contribution in [0.25, 0.3) is 0 Å². The second-order valence-electron chi connectivity index (χ2n) is 3.14. The fourth-order valence-electron chi connectivity index (χ4n) is 1.50. The number of rotatable bonds is 2. The first-order chi connectivity index (χ1) is 5.77. The molecule has 0 aromatic rings. The average Bonchev–Trinajstić information content (AvgIpc) is 2.17. The molecule has 1 aliphatic heterocycles. The summed E-state index contributed by atoms with van der Waals surface area (Å²) in [5.41, 5.74) is 0. The lowest BCUT2D eigenvalue weighted by atomic mass is 10.00.